The number of hydrogen-bond donors (Lipinski definition) is 3. The molecule has 0 bridgehead atoms. The zero-order chi connectivity index (χ0) is 15.6. The summed E-state index contributed by atoms with van der Waals surface area (Å²) in [6.45, 7) is 6.03. The van der Waals surface area contributed by atoms with E-state index in [9.17, 15) is 9.59 Å². The van der Waals surface area contributed by atoms with Crippen molar-refractivity contribution in [1.82, 2.24) is 10.6 Å². The van der Waals surface area contributed by atoms with Gasteiger partial charge in [0.2, 0.25) is 0 Å². The van der Waals surface area contributed by atoms with Crippen molar-refractivity contribution in [3.8, 4) is 0 Å². The predicted octanol–water partition coefficient (Wildman–Crippen LogP) is 2.98. The van der Waals surface area contributed by atoms with Crippen molar-refractivity contribution in [2.75, 3.05) is 0 Å². The smallest absolute Gasteiger partial charge is 0.315 e. The number of carbonyl (C=O) groups excluding carboxylic acids is 1. The van der Waals surface area contributed by atoms with E-state index in [4.69, 9.17) is 5.11 Å². The molecular weight excluding hydrogens is 288 g/mol. The Balaban J connectivity index is 1.92. The quantitative estimate of drug-likeness (QED) is 0.800. The van der Waals surface area contributed by atoms with Crippen LogP contribution in [-0.4, -0.2) is 23.1 Å². The Hall–Kier alpha value is -1.56. The third-order valence-corrected chi connectivity index (χ3v) is 5.02. The van der Waals surface area contributed by atoms with Crippen LogP contribution in [0.4, 0.5) is 4.79 Å². The molecule has 0 saturated heterocycles. The number of carboxylic acid groups (broad SMARTS) is 1. The van der Waals surface area contributed by atoms with E-state index in [-0.39, 0.29) is 18.1 Å². The maximum atomic E-state index is 12.1. The van der Waals surface area contributed by atoms with Gasteiger partial charge in [0, 0.05) is 15.8 Å². The molecule has 0 aromatic carbocycles. The first-order valence-electron chi connectivity index (χ1n) is 7.25. The van der Waals surface area contributed by atoms with Crippen LogP contribution in [0.25, 0.3) is 0 Å². The SMILES string of the molecule is Cc1cc(C(C)NC(=O)NC2CCCC2C(=O)O)c(C)s1. The molecule has 1 aromatic rings. The molecule has 3 atom stereocenters. The molecule has 2 amide bonds. The fourth-order valence-corrected chi connectivity index (χ4v) is 4.02. The minimum absolute atomic E-state index is 0.0837. The van der Waals surface area contributed by atoms with Crippen LogP contribution in [0.15, 0.2) is 6.07 Å². The molecule has 3 unspecified atom stereocenters. The van der Waals surface area contributed by atoms with Crippen LogP contribution in [0.3, 0.4) is 0 Å². The minimum Gasteiger partial charge on any atom is -0.481 e. The number of carboxylic acids is 1. The number of rotatable bonds is 4. The molecule has 116 valence electrons. The number of thiophene rings is 1. The summed E-state index contributed by atoms with van der Waals surface area (Å²) in [4.78, 5) is 25.6. The average molecular weight is 310 g/mol. The molecule has 21 heavy (non-hydrogen) atoms. The van der Waals surface area contributed by atoms with Crippen LogP contribution < -0.4 is 10.6 Å². The van der Waals surface area contributed by atoms with E-state index in [1.807, 2.05) is 20.8 Å². The van der Waals surface area contributed by atoms with Gasteiger partial charge in [-0.15, -0.1) is 11.3 Å². The van der Waals surface area contributed by atoms with E-state index in [0.29, 0.717) is 6.42 Å². The third-order valence-electron chi connectivity index (χ3n) is 4.04. The largest absolute Gasteiger partial charge is 0.481 e. The zero-order valence-electron chi connectivity index (χ0n) is 12.6. The van der Waals surface area contributed by atoms with E-state index >= 15 is 0 Å². The van der Waals surface area contributed by atoms with Crippen LogP contribution in [-0.2, 0) is 4.79 Å². The number of aryl methyl sites for hydroxylation is 2. The number of hydrogen-bond acceptors (Lipinski definition) is 3. The summed E-state index contributed by atoms with van der Waals surface area (Å²) < 4.78 is 0. The lowest BCUT2D eigenvalue weighted by Crippen LogP contribution is -2.46. The second kappa shape index (κ2) is 6.47. The van der Waals surface area contributed by atoms with Gasteiger partial charge in [-0.3, -0.25) is 4.79 Å². The summed E-state index contributed by atoms with van der Waals surface area (Å²) in [6, 6.07) is 1.45. The van der Waals surface area contributed by atoms with E-state index in [1.165, 1.54) is 9.75 Å². The monoisotopic (exact) mass is 310 g/mol. The second-order valence-corrected chi connectivity index (χ2v) is 7.15. The molecule has 3 N–H and O–H groups in total. The average Bonchev–Trinajstić information content (AvgIpc) is 2.95. The molecule has 1 aliphatic rings. The highest BCUT2D eigenvalue weighted by molar-refractivity contribution is 7.12. The maximum Gasteiger partial charge on any atom is 0.315 e. The van der Waals surface area contributed by atoms with Crippen LogP contribution in [0.5, 0.6) is 0 Å². The van der Waals surface area contributed by atoms with Gasteiger partial charge in [-0.05, 0) is 45.2 Å². The summed E-state index contributed by atoms with van der Waals surface area (Å²) in [5.74, 6) is -1.29. The fraction of sp³-hybridized carbons (Fsp3) is 0.600. The third kappa shape index (κ3) is 3.75. The molecule has 2 rings (SSSR count). The van der Waals surface area contributed by atoms with Crippen molar-refractivity contribution in [3.05, 3.63) is 21.4 Å². The second-order valence-electron chi connectivity index (χ2n) is 5.69. The van der Waals surface area contributed by atoms with Gasteiger partial charge >= 0.3 is 12.0 Å². The molecule has 5 nitrogen and oxygen atoms in total. The Morgan fingerprint density at radius 1 is 1.38 bits per heavy atom. The lowest BCUT2D eigenvalue weighted by molar-refractivity contribution is -0.142. The number of amides is 2. The van der Waals surface area contributed by atoms with Crippen molar-refractivity contribution in [2.45, 2.75) is 52.1 Å². The van der Waals surface area contributed by atoms with Gasteiger partial charge in [-0.2, -0.15) is 0 Å². The Bertz CT molecular complexity index is 541. The van der Waals surface area contributed by atoms with Crippen molar-refractivity contribution in [1.29, 1.82) is 0 Å². The summed E-state index contributed by atoms with van der Waals surface area (Å²) in [5, 5.41) is 14.8. The lowest BCUT2D eigenvalue weighted by Gasteiger charge is -2.20. The first-order valence-corrected chi connectivity index (χ1v) is 8.07. The first-order chi connectivity index (χ1) is 9.88. The molecule has 1 aromatic heterocycles. The van der Waals surface area contributed by atoms with Crippen molar-refractivity contribution in [2.24, 2.45) is 5.92 Å². The molecule has 0 spiro atoms. The molecule has 0 radical (unpaired) electrons. The molecule has 1 aliphatic carbocycles. The first kappa shape index (κ1) is 15.8. The zero-order valence-corrected chi connectivity index (χ0v) is 13.4. The number of nitrogens with one attached hydrogen (secondary N) is 2. The molecule has 0 aliphatic heterocycles. The van der Waals surface area contributed by atoms with E-state index in [1.54, 1.807) is 11.3 Å². The van der Waals surface area contributed by atoms with Crippen molar-refractivity contribution in [3.63, 3.8) is 0 Å². The molecule has 1 saturated carbocycles. The van der Waals surface area contributed by atoms with Crippen LogP contribution in [0.2, 0.25) is 0 Å². The minimum atomic E-state index is -0.824. The number of carbonyl (C=O) groups is 2. The molecule has 1 fully saturated rings. The van der Waals surface area contributed by atoms with Crippen LogP contribution >= 0.6 is 11.3 Å². The van der Waals surface area contributed by atoms with Crippen molar-refractivity contribution < 1.29 is 14.7 Å². The van der Waals surface area contributed by atoms with Gasteiger partial charge in [0.25, 0.3) is 0 Å². The summed E-state index contributed by atoms with van der Waals surface area (Å²) in [5.41, 5.74) is 1.12. The van der Waals surface area contributed by atoms with Gasteiger partial charge in [-0.1, -0.05) is 6.42 Å². The summed E-state index contributed by atoms with van der Waals surface area (Å²) in [7, 11) is 0. The molecule has 1 heterocycles. The Labute approximate surface area is 128 Å². The van der Waals surface area contributed by atoms with E-state index in [2.05, 4.69) is 16.7 Å². The Morgan fingerprint density at radius 3 is 2.67 bits per heavy atom. The Morgan fingerprint density at radius 2 is 2.10 bits per heavy atom. The number of aliphatic carboxylic acids is 1. The van der Waals surface area contributed by atoms with Crippen LogP contribution in [0, 0.1) is 19.8 Å². The topological polar surface area (TPSA) is 78.4 Å². The van der Waals surface area contributed by atoms with E-state index < -0.39 is 11.9 Å². The number of urea groups is 1. The fourth-order valence-electron chi connectivity index (χ4n) is 2.99. The highest BCUT2D eigenvalue weighted by Gasteiger charge is 2.34. The van der Waals surface area contributed by atoms with Gasteiger partial charge in [0.1, 0.15) is 0 Å². The molecule has 6 heteroatoms. The summed E-state index contributed by atoms with van der Waals surface area (Å²) in [6.07, 6.45) is 2.22. The van der Waals surface area contributed by atoms with Crippen LogP contribution in [0.1, 0.15) is 47.5 Å². The summed E-state index contributed by atoms with van der Waals surface area (Å²) >= 11 is 1.71. The highest BCUT2D eigenvalue weighted by atomic mass is 32.1. The normalized spacial score (nSPS) is 22.8. The maximum absolute atomic E-state index is 12.1. The van der Waals surface area contributed by atoms with Gasteiger partial charge < -0.3 is 15.7 Å². The van der Waals surface area contributed by atoms with Crippen molar-refractivity contribution >= 4 is 23.3 Å². The molecular formula is C15H22N2O3S. The highest BCUT2D eigenvalue weighted by Crippen LogP contribution is 2.27. The predicted molar refractivity (Wildman–Crippen MR) is 82.6 cm³/mol. The van der Waals surface area contributed by atoms with Gasteiger partial charge in [-0.25, -0.2) is 4.79 Å². The lowest BCUT2D eigenvalue weighted by atomic mass is 10.0. The Kier molecular flexibility index (Phi) is 4.88. The standard InChI is InChI=1S/C15H22N2O3S/c1-8-7-12(10(3)21-8)9(2)16-15(20)17-13-6-4-5-11(13)14(18)19/h7,9,11,13H,4-6H2,1-3H3,(H,18,19)(H2,16,17,20). The van der Waals surface area contributed by atoms with Gasteiger partial charge in [0.05, 0.1) is 12.0 Å². The van der Waals surface area contributed by atoms with Gasteiger partial charge in [0.15, 0.2) is 0 Å². The van der Waals surface area contributed by atoms with E-state index in [0.717, 1.165) is 18.4 Å².